The standard InChI is InChI=1S/C20H19F3N2O2/c1-26-17-6-4-16(5-7-17)14-27-18-8-2-15(3-9-18)10-12-25-13-11-19(24-25)20(21,22)23/h2-9,11,13H,10,12,14H2,1H3. The van der Waals surface area contributed by atoms with E-state index in [1.54, 1.807) is 7.11 Å². The van der Waals surface area contributed by atoms with E-state index in [-0.39, 0.29) is 0 Å². The molecule has 142 valence electrons. The largest absolute Gasteiger partial charge is 0.497 e. The van der Waals surface area contributed by atoms with Gasteiger partial charge in [0, 0.05) is 12.7 Å². The molecule has 0 aliphatic heterocycles. The molecule has 0 saturated carbocycles. The van der Waals surface area contributed by atoms with Crippen LogP contribution in [0, 0.1) is 0 Å². The molecule has 4 nitrogen and oxygen atoms in total. The topological polar surface area (TPSA) is 36.3 Å². The first-order chi connectivity index (χ1) is 12.9. The van der Waals surface area contributed by atoms with E-state index in [0.717, 1.165) is 28.7 Å². The van der Waals surface area contributed by atoms with Crippen molar-refractivity contribution in [3.63, 3.8) is 0 Å². The van der Waals surface area contributed by atoms with Gasteiger partial charge in [0.2, 0.25) is 0 Å². The van der Waals surface area contributed by atoms with Gasteiger partial charge < -0.3 is 9.47 Å². The second-order valence-electron chi connectivity index (χ2n) is 5.99. The van der Waals surface area contributed by atoms with Crippen molar-refractivity contribution >= 4 is 0 Å². The van der Waals surface area contributed by atoms with Crippen molar-refractivity contribution in [3.05, 3.63) is 77.6 Å². The lowest BCUT2D eigenvalue weighted by Crippen LogP contribution is -2.08. The zero-order valence-electron chi connectivity index (χ0n) is 14.7. The predicted molar refractivity (Wildman–Crippen MR) is 94.7 cm³/mol. The zero-order valence-corrected chi connectivity index (χ0v) is 14.7. The summed E-state index contributed by atoms with van der Waals surface area (Å²) in [6, 6.07) is 16.1. The Bertz CT molecular complexity index is 856. The molecule has 0 unspecified atom stereocenters. The second-order valence-corrected chi connectivity index (χ2v) is 5.99. The highest BCUT2D eigenvalue weighted by molar-refractivity contribution is 5.29. The van der Waals surface area contributed by atoms with Crippen LogP contribution < -0.4 is 9.47 Å². The number of methoxy groups -OCH3 is 1. The van der Waals surface area contributed by atoms with Crippen LogP contribution in [0.1, 0.15) is 16.8 Å². The summed E-state index contributed by atoms with van der Waals surface area (Å²) in [5, 5.41) is 3.55. The zero-order chi connectivity index (χ0) is 19.3. The van der Waals surface area contributed by atoms with Crippen molar-refractivity contribution in [2.24, 2.45) is 0 Å². The highest BCUT2D eigenvalue weighted by Crippen LogP contribution is 2.27. The minimum Gasteiger partial charge on any atom is -0.497 e. The van der Waals surface area contributed by atoms with Crippen LogP contribution in [0.25, 0.3) is 0 Å². The van der Waals surface area contributed by atoms with E-state index in [4.69, 9.17) is 9.47 Å². The van der Waals surface area contributed by atoms with E-state index >= 15 is 0 Å². The lowest BCUT2D eigenvalue weighted by molar-refractivity contribution is -0.141. The van der Waals surface area contributed by atoms with Gasteiger partial charge in [-0.1, -0.05) is 24.3 Å². The molecule has 1 heterocycles. The van der Waals surface area contributed by atoms with Crippen molar-refractivity contribution in [1.29, 1.82) is 0 Å². The fourth-order valence-corrected chi connectivity index (χ4v) is 2.52. The molecule has 2 aromatic carbocycles. The number of benzene rings is 2. The van der Waals surface area contributed by atoms with Crippen LogP contribution in [0.3, 0.4) is 0 Å². The first-order valence-corrected chi connectivity index (χ1v) is 8.39. The van der Waals surface area contributed by atoms with Crippen molar-refractivity contribution in [2.45, 2.75) is 25.7 Å². The molecular weight excluding hydrogens is 357 g/mol. The van der Waals surface area contributed by atoms with Gasteiger partial charge >= 0.3 is 6.18 Å². The number of aryl methyl sites for hydroxylation is 2. The number of ether oxygens (including phenoxy) is 2. The van der Waals surface area contributed by atoms with E-state index in [1.165, 1.54) is 10.9 Å². The molecule has 3 aromatic rings. The van der Waals surface area contributed by atoms with Gasteiger partial charge in [-0.05, 0) is 47.9 Å². The van der Waals surface area contributed by atoms with Crippen molar-refractivity contribution in [3.8, 4) is 11.5 Å². The SMILES string of the molecule is COc1ccc(COc2ccc(CCn3ccc(C(F)(F)F)n3)cc2)cc1. The Morgan fingerprint density at radius 2 is 1.52 bits per heavy atom. The van der Waals surface area contributed by atoms with Crippen LogP contribution in [0.4, 0.5) is 13.2 Å². The summed E-state index contributed by atoms with van der Waals surface area (Å²) in [6.45, 7) is 0.818. The molecule has 0 aliphatic rings. The highest BCUT2D eigenvalue weighted by Gasteiger charge is 2.33. The molecule has 0 amide bonds. The van der Waals surface area contributed by atoms with Gasteiger partial charge in [-0.2, -0.15) is 18.3 Å². The number of rotatable bonds is 7. The van der Waals surface area contributed by atoms with Crippen molar-refractivity contribution in [2.75, 3.05) is 7.11 Å². The summed E-state index contributed by atoms with van der Waals surface area (Å²) in [4.78, 5) is 0. The van der Waals surface area contributed by atoms with E-state index in [9.17, 15) is 13.2 Å². The van der Waals surface area contributed by atoms with Crippen molar-refractivity contribution in [1.82, 2.24) is 9.78 Å². The quantitative estimate of drug-likeness (QED) is 0.598. The third-order valence-corrected chi connectivity index (χ3v) is 4.05. The van der Waals surface area contributed by atoms with E-state index in [0.29, 0.717) is 19.6 Å². The normalized spacial score (nSPS) is 11.4. The third kappa shape index (κ3) is 5.26. The molecule has 1 aromatic heterocycles. The maximum Gasteiger partial charge on any atom is 0.435 e. The van der Waals surface area contributed by atoms with E-state index < -0.39 is 11.9 Å². The van der Waals surface area contributed by atoms with Crippen LogP contribution in [0.15, 0.2) is 60.8 Å². The number of hydrogen-bond donors (Lipinski definition) is 0. The van der Waals surface area contributed by atoms with Gasteiger partial charge in [0.05, 0.1) is 7.11 Å². The molecule has 0 saturated heterocycles. The fourth-order valence-electron chi connectivity index (χ4n) is 2.52. The Morgan fingerprint density at radius 3 is 2.11 bits per heavy atom. The monoisotopic (exact) mass is 376 g/mol. The average Bonchev–Trinajstić information content (AvgIpc) is 3.15. The average molecular weight is 376 g/mol. The molecule has 0 radical (unpaired) electrons. The van der Waals surface area contributed by atoms with Crippen LogP contribution in [0.5, 0.6) is 11.5 Å². The van der Waals surface area contributed by atoms with Gasteiger partial charge in [-0.3, -0.25) is 4.68 Å². The summed E-state index contributed by atoms with van der Waals surface area (Å²) in [5.41, 5.74) is 1.15. The maximum absolute atomic E-state index is 12.5. The summed E-state index contributed by atoms with van der Waals surface area (Å²) >= 11 is 0. The Balaban J connectivity index is 1.50. The Kier molecular flexibility index (Phi) is 5.69. The van der Waals surface area contributed by atoms with Crippen LogP contribution in [0.2, 0.25) is 0 Å². The minimum atomic E-state index is -4.41. The molecule has 0 fully saturated rings. The van der Waals surface area contributed by atoms with Gasteiger partial charge in [0.1, 0.15) is 18.1 Å². The second kappa shape index (κ2) is 8.16. The first kappa shape index (κ1) is 18.8. The summed E-state index contributed by atoms with van der Waals surface area (Å²) in [5.74, 6) is 1.52. The molecule has 0 N–H and O–H groups in total. The van der Waals surface area contributed by atoms with E-state index in [2.05, 4.69) is 5.10 Å². The Morgan fingerprint density at radius 1 is 0.889 bits per heavy atom. The minimum absolute atomic E-state index is 0.377. The fraction of sp³-hybridized carbons (Fsp3) is 0.250. The highest BCUT2D eigenvalue weighted by atomic mass is 19.4. The molecule has 0 aliphatic carbocycles. The number of halogens is 3. The number of alkyl halides is 3. The van der Waals surface area contributed by atoms with Crippen LogP contribution in [-0.2, 0) is 25.7 Å². The van der Waals surface area contributed by atoms with Crippen molar-refractivity contribution < 1.29 is 22.6 Å². The first-order valence-electron chi connectivity index (χ1n) is 8.39. The molecular formula is C20H19F3N2O2. The van der Waals surface area contributed by atoms with Gasteiger partial charge in [0.15, 0.2) is 5.69 Å². The smallest absolute Gasteiger partial charge is 0.435 e. The molecule has 0 atom stereocenters. The third-order valence-electron chi connectivity index (χ3n) is 4.05. The summed E-state index contributed by atoms with van der Waals surface area (Å²) in [6.07, 6.45) is -2.49. The number of aromatic nitrogens is 2. The van der Waals surface area contributed by atoms with Crippen LogP contribution in [-0.4, -0.2) is 16.9 Å². The lowest BCUT2D eigenvalue weighted by Gasteiger charge is -2.08. The summed E-state index contributed by atoms with van der Waals surface area (Å²) in [7, 11) is 1.62. The number of hydrogen-bond acceptors (Lipinski definition) is 3. The Hall–Kier alpha value is -2.96. The lowest BCUT2D eigenvalue weighted by atomic mass is 10.1. The molecule has 0 bridgehead atoms. The van der Waals surface area contributed by atoms with Gasteiger partial charge in [-0.15, -0.1) is 0 Å². The van der Waals surface area contributed by atoms with Crippen LogP contribution >= 0.6 is 0 Å². The predicted octanol–water partition coefficient (Wildman–Crippen LogP) is 4.73. The molecule has 27 heavy (non-hydrogen) atoms. The molecule has 3 rings (SSSR count). The van der Waals surface area contributed by atoms with Gasteiger partial charge in [0.25, 0.3) is 0 Å². The summed E-state index contributed by atoms with van der Waals surface area (Å²) < 4.78 is 49.8. The number of nitrogens with zero attached hydrogens (tertiary/aromatic N) is 2. The molecule has 7 heteroatoms. The maximum atomic E-state index is 12.5. The molecule has 0 spiro atoms. The van der Waals surface area contributed by atoms with Gasteiger partial charge in [-0.25, -0.2) is 0 Å². The Labute approximate surface area is 155 Å². The van der Waals surface area contributed by atoms with E-state index in [1.807, 2.05) is 48.5 Å².